The molecule has 4 nitrogen and oxygen atoms in total. The predicted molar refractivity (Wildman–Crippen MR) is 57.4 cm³/mol. The molecule has 0 radical (unpaired) electrons. The van der Waals surface area contributed by atoms with Crippen LogP contribution in [0.15, 0.2) is 0 Å². The van der Waals surface area contributed by atoms with E-state index in [1.165, 1.54) is 0 Å². The Kier molecular flexibility index (Phi) is 3.58. The summed E-state index contributed by atoms with van der Waals surface area (Å²) in [5, 5.41) is 8.88. The molecule has 1 fully saturated rings. The molecule has 0 bridgehead atoms. The van der Waals surface area contributed by atoms with E-state index in [0.29, 0.717) is 6.61 Å². The molecular formula is C12H16O4. The number of carboxylic acid groups (broad SMARTS) is 1. The first-order chi connectivity index (χ1) is 7.41. The highest BCUT2D eigenvalue weighted by molar-refractivity contribution is 5.89. The van der Waals surface area contributed by atoms with Gasteiger partial charge in [0.05, 0.1) is 12.5 Å². The Morgan fingerprint density at radius 1 is 1.44 bits per heavy atom. The summed E-state index contributed by atoms with van der Waals surface area (Å²) in [5.41, 5.74) is -0.343. The number of aliphatic carboxylic acids is 1. The molecule has 2 atom stereocenters. The average molecular weight is 224 g/mol. The lowest BCUT2D eigenvalue weighted by molar-refractivity contribution is -0.139. The molecule has 1 rings (SSSR count). The molecule has 88 valence electrons. The number of carbonyl (C=O) groups excluding carboxylic acids is 1. The van der Waals surface area contributed by atoms with E-state index in [1.54, 1.807) is 0 Å². The van der Waals surface area contributed by atoms with Gasteiger partial charge in [-0.15, -0.1) is 0 Å². The minimum Gasteiger partial charge on any atom is -0.481 e. The van der Waals surface area contributed by atoms with Crippen molar-refractivity contribution in [1.29, 1.82) is 0 Å². The van der Waals surface area contributed by atoms with Crippen LogP contribution in [0.2, 0.25) is 0 Å². The maximum absolute atomic E-state index is 11.1. The highest BCUT2D eigenvalue weighted by Gasteiger charge is 2.61. The van der Waals surface area contributed by atoms with E-state index < -0.39 is 17.9 Å². The van der Waals surface area contributed by atoms with Crippen LogP contribution in [0.5, 0.6) is 0 Å². The number of carboxylic acids is 1. The van der Waals surface area contributed by atoms with Crippen molar-refractivity contribution in [2.75, 3.05) is 6.61 Å². The molecule has 0 amide bonds. The molecular weight excluding hydrogens is 208 g/mol. The molecule has 0 aromatic heterocycles. The summed E-state index contributed by atoms with van der Waals surface area (Å²) in [6.45, 7) is 5.92. The van der Waals surface area contributed by atoms with E-state index in [1.807, 2.05) is 20.8 Å². The van der Waals surface area contributed by atoms with E-state index in [2.05, 4.69) is 11.8 Å². The van der Waals surface area contributed by atoms with Gasteiger partial charge in [0, 0.05) is 11.8 Å². The van der Waals surface area contributed by atoms with Crippen LogP contribution in [0.1, 0.15) is 27.2 Å². The third-order valence-corrected chi connectivity index (χ3v) is 2.86. The molecule has 0 saturated heterocycles. The second-order valence-corrected chi connectivity index (χ2v) is 4.52. The smallest absolute Gasteiger partial charge is 0.384 e. The molecule has 1 aliphatic rings. The van der Waals surface area contributed by atoms with Crippen molar-refractivity contribution in [2.45, 2.75) is 27.2 Å². The monoisotopic (exact) mass is 224 g/mol. The summed E-state index contributed by atoms with van der Waals surface area (Å²) in [4.78, 5) is 21.9. The second-order valence-electron chi connectivity index (χ2n) is 4.52. The van der Waals surface area contributed by atoms with Crippen LogP contribution in [0.25, 0.3) is 0 Å². The van der Waals surface area contributed by atoms with E-state index in [9.17, 15) is 9.59 Å². The largest absolute Gasteiger partial charge is 0.481 e. The first-order valence-electron chi connectivity index (χ1n) is 5.32. The van der Waals surface area contributed by atoms with Crippen LogP contribution in [0, 0.1) is 29.1 Å². The van der Waals surface area contributed by atoms with Gasteiger partial charge in [0.2, 0.25) is 0 Å². The summed E-state index contributed by atoms with van der Waals surface area (Å²) in [5.74, 6) is 2.87. The summed E-state index contributed by atoms with van der Waals surface area (Å²) >= 11 is 0. The molecule has 0 aliphatic heterocycles. The lowest BCUT2D eigenvalue weighted by Gasteiger charge is -1.95. The minimum absolute atomic E-state index is 0.251. The molecule has 2 unspecified atom stereocenters. The fourth-order valence-corrected chi connectivity index (χ4v) is 1.74. The molecule has 4 heteroatoms. The van der Waals surface area contributed by atoms with E-state index in [0.717, 1.165) is 6.42 Å². The lowest BCUT2D eigenvalue weighted by atomic mass is 10.1. The Labute approximate surface area is 95.0 Å². The third-order valence-electron chi connectivity index (χ3n) is 2.86. The van der Waals surface area contributed by atoms with Gasteiger partial charge in [0.15, 0.2) is 0 Å². The van der Waals surface area contributed by atoms with Crippen LogP contribution >= 0.6 is 0 Å². The summed E-state index contributed by atoms with van der Waals surface area (Å²) in [6, 6.07) is 0. The number of esters is 1. The summed E-state index contributed by atoms with van der Waals surface area (Å²) in [7, 11) is 0. The van der Waals surface area contributed by atoms with Crippen molar-refractivity contribution in [2.24, 2.45) is 17.3 Å². The van der Waals surface area contributed by atoms with Gasteiger partial charge in [-0.1, -0.05) is 26.7 Å². The van der Waals surface area contributed by atoms with Crippen molar-refractivity contribution in [3.05, 3.63) is 0 Å². The number of ether oxygens (including phenoxy) is 1. The van der Waals surface area contributed by atoms with E-state index in [-0.39, 0.29) is 11.3 Å². The Hall–Kier alpha value is -1.50. The molecule has 0 heterocycles. The van der Waals surface area contributed by atoms with Crippen molar-refractivity contribution < 1.29 is 19.4 Å². The third kappa shape index (κ3) is 2.54. The van der Waals surface area contributed by atoms with Gasteiger partial charge in [-0.2, -0.15) is 0 Å². The van der Waals surface area contributed by atoms with Gasteiger partial charge < -0.3 is 9.84 Å². The molecule has 0 aromatic carbocycles. The molecule has 1 N–H and O–H groups in total. The molecule has 0 aromatic rings. The minimum atomic E-state index is -0.855. The van der Waals surface area contributed by atoms with Crippen LogP contribution in [-0.2, 0) is 14.3 Å². The topological polar surface area (TPSA) is 63.6 Å². The zero-order valence-electron chi connectivity index (χ0n) is 9.74. The van der Waals surface area contributed by atoms with Crippen LogP contribution < -0.4 is 0 Å². The van der Waals surface area contributed by atoms with Crippen molar-refractivity contribution in [3.63, 3.8) is 0 Å². The van der Waals surface area contributed by atoms with E-state index in [4.69, 9.17) is 9.84 Å². The van der Waals surface area contributed by atoms with Gasteiger partial charge in [-0.05, 0) is 11.8 Å². The molecule has 0 spiro atoms. The highest BCUT2D eigenvalue weighted by Crippen LogP contribution is 2.57. The Morgan fingerprint density at radius 2 is 2.06 bits per heavy atom. The predicted octanol–water partition coefficient (Wildman–Crippen LogP) is 1.30. The summed E-state index contributed by atoms with van der Waals surface area (Å²) < 4.78 is 4.77. The standard InChI is InChI=1S/C12H16O4/c1-4-7-16-9(13)6-5-8-10(11(14)15)12(8,2)3/h8,10H,4,7H2,1-3H3,(H,14,15). The van der Waals surface area contributed by atoms with Gasteiger partial charge in [0.25, 0.3) is 0 Å². The fourth-order valence-electron chi connectivity index (χ4n) is 1.74. The zero-order chi connectivity index (χ0) is 12.3. The maximum Gasteiger partial charge on any atom is 0.384 e. The second kappa shape index (κ2) is 4.56. The molecule has 16 heavy (non-hydrogen) atoms. The Balaban J connectivity index is 2.54. The lowest BCUT2D eigenvalue weighted by Crippen LogP contribution is -2.03. The van der Waals surface area contributed by atoms with Crippen molar-refractivity contribution in [3.8, 4) is 11.8 Å². The normalized spacial score (nSPS) is 25.2. The van der Waals surface area contributed by atoms with Gasteiger partial charge in [-0.3, -0.25) is 4.79 Å². The Bertz CT molecular complexity index is 359. The fraction of sp³-hybridized carbons (Fsp3) is 0.667. The van der Waals surface area contributed by atoms with Crippen LogP contribution in [0.3, 0.4) is 0 Å². The SMILES string of the molecule is CCCOC(=O)C#CC1C(C(=O)O)C1(C)C. The molecule has 1 aliphatic carbocycles. The number of hydrogen-bond donors (Lipinski definition) is 1. The first kappa shape index (κ1) is 12.6. The first-order valence-corrected chi connectivity index (χ1v) is 5.32. The zero-order valence-corrected chi connectivity index (χ0v) is 9.74. The Morgan fingerprint density at radius 3 is 2.50 bits per heavy atom. The quantitative estimate of drug-likeness (QED) is 0.446. The number of hydrogen-bond acceptors (Lipinski definition) is 3. The van der Waals surface area contributed by atoms with Gasteiger partial charge in [-0.25, -0.2) is 4.79 Å². The van der Waals surface area contributed by atoms with E-state index >= 15 is 0 Å². The molecule has 1 saturated carbocycles. The van der Waals surface area contributed by atoms with Crippen LogP contribution in [-0.4, -0.2) is 23.7 Å². The number of rotatable bonds is 3. The van der Waals surface area contributed by atoms with Gasteiger partial charge >= 0.3 is 11.9 Å². The maximum atomic E-state index is 11.1. The van der Waals surface area contributed by atoms with Crippen LogP contribution in [0.4, 0.5) is 0 Å². The summed E-state index contributed by atoms with van der Waals surface area (Å²) in [6.07, 6.45) is 0.750. The number of carbonyl (C=O) groups is 2. The van der Waals surface area contributed by atoms with Crippen molar-refractivity contribution >= 4 is 11.9 Å². The van der Waals surface area contributed by atoms with Crippen molar-refractivity contribution in [1.82, 2.24) is 0 Å². The highest BCUT2D eigenvalue weighted by atomic mass is 16.5. The van der Waals surface area contributed by atoms with Gasteiger partial charge in [0.1, 0.15) is 0 Å². The average Bonchev–Trinajstić information content (AvgIpc) is 2.74.